The summed E-state index contributed by atoms with van der Waals surface area (Å²) in [4.78, 5) is 50.8. The van der Waals surface area contributed by atoms with Crippen LogP contribution in [0.3, 0.4) is 0 Å². The molecule has 2 aromatic rings. The smallest absolute Gasteiger partial charge is 0.419 e. The monoisotopic (exact) mass is 458 g/mol. The van der Waals surface area contributed by atoms with Gasteiger partial charge in [-0.1, -0.05) is 6.07 Å². The summed E-state index contributed by atoms with van der Waals surface area (Å²) in [5.74, 6) is -2.89. The number of aliphatic hydroxyl groups excluding tert-OH is 1. The summed E-state index contributed by atoms with van der Waals surface area (Å²) in [7, 11) is 1.59. The van der Waals surface area contributed by atoms with Gasteiger partial charge in [-0.2, -0.15) is 0 Å². The Labute approximate surface area is 189 Å². The first-order chi connectivity index (χ1) is 15.4. The highest BCUT2D eigenvalue weighted by molar-refractivity contribution is 6.07. The lowest BCUT2D eigenvalue weighted by molar-refractivity contribution is -0.175. The van der Waals surface area contributed by atoms with Gasteiger partial charge in [-0.25, -0.2) is 9.59 Å². The number of aryl methyl sites for hydroxylation is 1. The molecule has 0 aliphatic carbocycles. The first kappa shape index (κ1) is 22.8. The zero-order chi connectivity index (χ0) is 24.2. The molecule has 1 aromatic carbocycles. The second-order valence-electron chi connectivity index (χ2n) is 9.41. The number of ether oxygens (including phenoxy) is 2. The number of esters is 2. The van der Waals surface area contributed by atoms with Crippen LogP contribution in [0.1, 0.15) is 39.7 Å². The van der Waals surface area contributed by atoms with E-state index in [1.54, 1.807) is 46.0 Å². The number of rotatable bonds is 5. The van der Waals surface area contributed by atoms with Crippen molar-refractivity contribution in [2.45, 2.75) is 46.3 Å². The first-order valence-corrected chi connectivity index (χ1v) is 10.6. The van der Waals surface area contributed by atoms with Crippen molar-refractivity contribution in [3.63, 3.8) is 0 Å². The quantitative estimate of drug-likeness (QED) is 0.406. The molecule has 2 aliphatic rings. The second kappa shape index (κ2) is 7.87. The van der Waals surface area contributed by atoms with E-state index >= 15 is 0 Å². The van der Waals surface area contributed by atoms with E-state index in [2.05, 4.69) is 0 Å². The number of nitrogens with zero attached hydrogens (tertiary/aromatic N) is 2. The van der Waals surface area contributed by atoms with Crippen LogP contribution in [0.5, 0.6) is 0 Å². The third kappa shape index (κ3) is 3.74. The Bertz CT molecular complexity index is 1240. The molecule has 4 rings (SSSR count). The number of aliphatic hydroxyl groups is 1. The molecule has 1 saturated heterocycles. The Morgan fingerprint density at radius 3 is 2.58 bits per heavy atom. The predicted octanol–water partition coefficient (Wildman–Crippen LogP) is 1.54. The SMILES string of the molecule is C[C@@H](O)[C@@H]1C(=O)N2C(C(=O)OCOC(=O)C(C)(C)C)=C(c3ccc4c(c3)oc(=O)n4C)C[C@@H]12. The molecule has 10 nitrogen and oxygen atoms in total. The molecule has 0 spiro atoms. The Morgan fingerprint density at radius 1 is 1.24 bits per heavy atom. The van der Waals surface area contributed by atoms with Crippen molar-refractivity contribution < 1.29 is 33.4 Å². The fourth-order valence-electron chi connectivity index (χ4n) is 4.26. The van der Waals surface area contributed by atoms with Gasteiger partial charge in [-0.15, -0.1) is 0 Å². The standard InChI is InChI=1S/C23H26N2O8/c1-11(26)17-15-9-13(12-6-7-14-16(8-12)33-22(30)24(14)5)18(25(15)19(17)27)20(28)31-10-32-21(29)23(2,3)4/h6-8,11,15,17,26H,9-10H2,1-5H3/t11-,15+,17+/m1/s1. The molecule has 176 valence electrons. The first-order valence-electron chi connectivity index (χ1n) is 10.6. The average molecular weight is 458 g/mol. The number of carbonyl (C=O) groups excluding carboxylic acids is 3. The number of benzene rings is 1. The van der Waals surface area contributed by atoms with Crippen molar-refractivity contribution in [3.8, 4) is 0 Å². The van der Waals surface area contributed by atoms with Crippen LogP contribution in [0, 0.1) is 11.3 Å². The molecule has 1 N–H and O–H groups in total. The number of hydrogen-bond donors (Lipinski definition) is 1. The maximum absolute atomic E-state index is 13.0. The predicted molar refractivity (Wildman–Crippen MR) is 115 cm³/mol. The van der Waals surface area contributed by atoms with Gasteiger partial charge in [0.15, 0.2) is 5.58 Å². The van der Waals surface area contributed by atoms with Gasteiger partial charge < -0.3 is 23.9 Å². The fourth-order valence-corrected chi connectivity index (χ4v) is 4.26. The van der Waals surface area contributed by atoms with E-state index in [1.807, 2.05) is 0 Å². The Morgan fingerprint density at radius 2 is 1.94 bits per heavy atom. The molecule has 1 aromatic heterocycles. The van der Waals surface area contributed by atoms with E-state index in [0.29, 0.717) is 28.7 Å². The van der Waals surface area contributed by atoms with Crippen LogP contribution in [0.4, 0.5) is 0 Å². The van der Waals surface area contributed by atoms with Gasteiger partial charge in [0.05, 0.1) is 29.0 Å². The Hall–Kier alpha value is -3.40. The van der Waals surface area contributed by atoms with Gasteiger partial charge in [-0.05, 0) is 57.4 Å². The molecule has 0 unspecified atom stereocenters. The zero-order valence-electron chi connectivity index (χ0n) is 19.1. The molecular weight excluding hydrogens is 432 g/mol. The summed E-state index contributed by atoms with van der Waals surface area (Å²) < 4.78 is 16.8. The highest BCUT2D eigenvalue weighted by Gasteiger charge is 2.57. The normalized spacial score (nSPS) is 21.2. The Balaban J connectivity index is 1.67. The van der Waals surface area contributed by atoms with Gasteiger partial charge in [0, 0.05) is 7.05 Å². The van der Waals surface area contributed by atoms with Gasteiger partial charge in [0.2, 0.25) is 12.7 Å². The highest BCUT2D eigenvalue weighted by atomic mass is 16.7. The van der Waals surface area contributed by atoms with Crippen LogP contribution >= 0.6 is 0 Å². The lowest BCUT2D eigenvalue weighted by Gasteiger charge is -2.44. The summed E-state index contributed by atoms with van der Waals surface area (Å²) in [6, 6.07) is 4.66. The molecule has 10 heteroatoms. The van der Waals surface area contributed by atoms with Crippen molar-refractivity contribution in [3.05, 3.63) is 40.0 Å². The number of oxazole rings is 1. The Kier molecular flexibility index (Phi) is 5.44. The van der Waals surface area contributed by atoms with E-state index < -0.39 is 48.0 Å². The van der Waals surface area contributed by atoms with Gasteiger partial charge in [-0.3, -0.25) is 14.2 Å². The minimum Gasteiger partial charge on any atom is -0.427 e. The van der Waals surface area contributed by atoms with Crippen LogP contribution in [-0.2, 0) is 30.9 Å². The number of hydrogen-bond acceptors (Lipinski definition) is 8. The molecule has 0 radical (unpaired) electrons. The van der Waals surface area contributed by atoms with E-state index in [4.69, 9.17) is 13.9 Å². The minimum absolute atomic E-state index is 0.0336. The zero-order valence-corrected chi connectivity index (χ0v) is 19.1. The largest absolute Gasteiger partial charge is 0.427 e. The highest BCUT2D eigenvalue weighted by Crippen LogP contribution is 2.47. The summed E-state index contributed by atoms with van der Waals surface area (Å²) in [6.07, 6.45) is -0.562. The number of amides is 1. The third-order valence-electron chi connectivity index (χ3n) is 6.06. The molecule has 33 heavy (non-hydrogen) atoms. The van der Waals surface area contributed by atoms with E-state index in [-0.39, 0.29) is 11.6 Å². The maximum Gasteiger partial charge on any atom is 0.419 e. The van der Waals surface area contributed by atoms with Crippen molar-refractivity contribution in [1.82, 2.24) is 9.47 Å². The van der Waals surface area contributed by atoms with Crippen molar-refractivity contribution in [1.29, 1.82) is 0 Å². The molecule has 0 bridgehead atoms. The van der Waals surface area contributed by atoms with Gasteiger partial charge in [0.25, 0.3) is 0 Å². The molecule has 3 atom stereocenters. The fraction of sp³-hybridized carbons (Fsp3) is 0.478. The van der Waals surface area contributed by atoms with Gasteiger partial charge in [0.1, 0.15) is 5.70 Å². The van der Waals surface area contributed by atoms with Crippen LogP contribution in [0.15, 0.2) is 33.1 Å². The molecule has 0 saturated carbocycles. The topological polar surface area (TPSA) is 128 Å². The molecule has 1 amide bonds. The van der Waals surface area contributed by atoms with Crippen LogP contribution < -0.4 is 5.76 Å². The van der Waals surface area contributed by atoms with Crippen LogP contribution in [0.2, 0.25) is 0 Å². The lowest BCUT2D eigenvalue weighted by Crippen LogP contribution is -2.61. The molecular formula is C23H26N2O8. The maximum atomic E-state index is 13.0. The van der Waals surface area contributed by atoms with Gasteiger partial charge >= 0.3 is 17.7 Å². The minimum atomic E-state index is -0.877. The van der Waals surface area contributed by atoms with E-state index in [9.17, 15) is 24.3 Å². The summed E-state index contributed by atoms with van der Waals surface area (Å²) in [5, 5.41) is 10.0. The van der Waals surface area contributed by atoms with Crippen molar-refractivity contribution in [2.75, 3.05) is 6.79 Å². The van der Waals surface area contributed by atoms with Crippen LogP contribution in [-0.4, -0.2) is 51.4 Å². The number of β-lactam (4-membered cyclic amide) rings is 1. The second-order valence-corrected chi connectivity index (χ2v) is 9.41. The summed E-state index contributed by atoms with van der Waals surface area (Å²) >= 11 is 0. The average Bonchev–Trinajstić information content (AvgIpc) is 3.21. The van der Waals surface area contributed by atoms with Crippen LogP contribution in [0.25, 0.3) is 16.7 Å². The van der Waals surface area contributed by atoms with E-state index in [1.165, 1.54) is 16.4 Å². The summed E-state index contributed by atoms with van der Waals surface area (Å²) in [6.45, 7) is 5.96. The van der Waals surface area contributed by atoms with E-state index in [0.717, 1.165) is 0 Å². The molecule has 1 fully saturated rings. The third-order valence-corrected chi connectivity index (χ3v) is 6.06. The van der Waals surface area contributed by atoms with Crippen molar-refractivity contribution >= 4 is 34.5 Å². The molecule has 3 heterocycles. The number of fused-ring (bicyclic) bond motifs is 2. The summed E-state index contributed by atoms with van der Waals surface area (Å²) in [5.41, 5.74) is 1.31. The molecule has 2 aliphatic heterocycles. The lowest BCUT2D eigenvalue weighted by atomic mass is 9.82. The number of aromatic nitrogens is 1. The number of carbonyl (C=O) groups is 3. The van der Waals surface area contributed by atoms with Crippen molar-refractivity contribution in [2.24, 2.45) is 18.4 Å².